The van der Waals surface area contributed by atoms with Crippen molar-refractivity contribution >= 4 is 14.4 Å². The molecule has 47 valence electrons. The molecule has 0 aliphatic heterocycles. The maximum absolute atomic E-state index is 2.23. The van der Waals surface area contributed by atoms with Crippen molar-refractivity contribution in [3.63, 3.8) is 0 Å². The predicted molar refractivity (Wildman–Crippen MR) is 40.0 cm³/mol. The van der Waals surface area contributed by atoms with Crippen LogP contribution in [0.25, 0.3) is 0 Å². The zero-order chi connectivity index (χ0) is 7.28. The van der Waals surface area contributed by atoms with E-state index in [0.717, 1.165) is 26.1 Å². The summed E-state index contributed by atoms with van der Waals surface area (Å²) in [4.78, 5) is 1.52. The number of rotatable bonds is 0. The number of hydrogen-bond donors (Lipinski definition) is 0. The first-order chi connectivity index (χ1) is 4.30. The first-order valence-corrected chi connectivity index (χ1v) is 6.79. The van der Waals surface area contributed by atoms with Crippen LogP contribution in [0.3, 0.4) is 0 Å². The second-order valence-corrected chi connectivity index (χ2v) is 5.58. The van der Waals surface area contributed by atoms with Crippen LogP contribution < -0.4 is 3.07 Å². The zero-order valence-electron chi connectivity index (χ0n) is 6.27. The summed E-state index contributed by atoms with van der Waals surface area (Å²) >= 11 is 2.69. The van der Waals surface area contributed by atoms with Gasteiger partial charge in [-0.25, -0.2) is 0 Å². The minimum atomic E-state index is 0.840. The second kappa shape index (κ2) is 5.42. The summed E-state index contributed by atoms with van der Waals surface area (Å²) in [6.45, 7) is 6.19. The molecule has 0 bridgehead atoms. The van der Waals surface area contributed by atoms with Crippen LogP contribution >= 0.6 is 11.3 Å². The van der Waals surface area contributed by atoms with Crippen LogP contribution in [0.5, 0.6) is 0 Å². The van der Waals surface area contributed by atoms with Crippen molar-refractivity contribution < 1.29 is 26.1 Å². The van der Waals surface area contributed by atoms with E-state index in [-0.39, 0.29) is 0 Å². The number of aryl methyl sites for hydroxylation is 1. The standard InChI is InChI=1S/C5H5S.C2H6.Hg/c1-5-3-2-4-6-5;1-2;/h2,4H,1H3;1-2H3;. The fourth-order valence-corrected chi connectivity index (χ4v) is 3.16. The average Bonchev–Trinajstić information content (AvgIpc) is 2.23. The Labute approximate surface area is 77.3 Å². The van der Waals surface area contributed by atoms with Crippen LogP contribution in [0.1, 0.15) is 18.7 Å². The molecule has 0 nitrogen and oxygen atoms in total. The number of thiophene rings is 1. The Bertz CT molecular complexity index is 141. The molecule has 0 saturated carbocycles. The minimum absolute atomic E-state index is 0.840. The van der Waals surface area contributed by atoms with Crippen molar-refractivity contribution in [1.82, 2.24) is 0 Å². The molecule has 0 radical (unpaired) electrons. The molecule has 1 aromatic rings. The quantitative estimate of drug-likeness (QED) is 0.641. The Hall–Kier alpha value is 0.635. The molecule has 0 amide bonds. The van der Waals surface area contributed by atoms with Crippen molar-refractivity contribution in [1.29, 1.82) is 0 Å². The van der Waals surface area contributed by atoms with Gasteiger partial charge in [0.2, 0.25) is 0 Å². The summed E-state index contributed by atoms with van der Waals surface area (Å²) in [5, 5.41) is 2.16. The van der Waals surface area contributed by atoms with E-state index in [4.69, 9.17) is 0 Å². The summed E-state index contributed by atoms with van der Waals surface area (Å²) < 4.78 is 1.60. The summed E-state index contributed by atoms with van der Waals surface area (Å²) in [5.74, 6) is 0. The normalized spacial score (nSPS) is 8.11. The summed E-state index contributed by atoms with van der Waals surface area (Å²) in [6.07, 6.45) is 0. The second-order valence-electron chi connectivity index (χ2n) is 1.50. The third-order valence-corrected chi connectivity index (χ3v) is 5.83. The zero-order valence-corrected chi connectivity index (χ0v) is 12.6. The SMILES string of the molecule is CC.Cc1scc[c]1[Hg]. The van der Waals surface area contributed by atoms with Gasteiger partial charge in [0, 0.05) is 0 Å². The van der Waals surface area contributed by atoms with Gasteiger partial charge in [-0.15, -0.1) is 0 Å². The predicted octanol–water partition coefficient (Wildman–Crippen LogP) is 2.25. The van der Waals surface area contributed by atoms with E-state index in [0.29, 0.717) is 0 Å². The van der Waals surface area contributed by atoms with Gasteiger partial charge in [-0.2, -0.15) is 0 Å². The molecule has 1 aromatic heterocycles. The van der Waals surface area contributed by atoms with Crippen molar-refractivity contribution in [2.45, 2.75) is 20.8 Å². The third-order valence-electron chi connectivity index (χ3n) is 0.966. The van der Waals surface area contributed by atoms with Gasteiger partial charge in [-0.1, -0.05) is 13.8 Å². The molecule has 9 heavy (non-hydrogen) atoms. The van der Waals surface area contributed by atoms with Crippen LogP contribution in [0.2, 0.25) is 0 Å². The Balaban J connectivity index is 0.000000291. The van der Waals surface area contributed by atoms with Gasteiger partial charge in [0.25, 0.3) is 0 Å². The van der Waals surface area contributed by atoms with Crippen LogP contribution in [-0.2, 0) is 26.1 Å². The van der Waals surface area contributed by atoms with Crippen molar-refractivity contribution in [2.75, 3.05) is 0 Å². The molecular formula is C7H11HgS. The van der Waals surface area contributed by atoms with Gasteiger partial charge >= 0.3 is 63.8 Å². The Kier molecular flexibility index (Phi) is 5.80. The summed E-state index contributed by atoms with van der Waals surface area (Å²) in [7, 11) is 0. The van der Waals surface area contributed by atoms with E-state index in [2.05, 4.69) is 18.4 Å². The van der Waals surface area contributed by atoms with Gasteiger partial charge in [0.15, 0.2) is 0 Å². The van der Waals surface area contributed by atoms with Crippen molar-refractivity contribution in [3.8, 4) is 0 Å². The molecule has 0 aromatic carbocycles. The van der Waals surface area contributed by atoms with E-state index in [9.17, 15) is 0 Å². The molecule has 0 saturated heterocycles. The van der Waals surface area contributed by atoms with Crippen molar-refractivity contribution in [2.24, 2.45) is 0 Å². The Morgan fingerprint density at radius 2 is 2.00 bits per heavy atom. The van der Waals surface area contributed by atoms with Gasteiger partial charge in [-0.3, -0.25) is 0 Å². The fraction of sp³-hybridized carbons (Fsp3) is 0.429. The van der Waals surface area contributed by atoms with Gasteiger partial charge < -0.3 is 0 Å². The molecule has 0 aliphatic carbocycles. The van der Waals surface area contributed by atoms with Crippen LogP contribution in [0.4, 0.5) is 0 Å². The maximum atomic E-state index is 2.23. The molecule has 2 heteroatoms. The first kappa shape index (κ1) is 9.64. The molecule has 0 aliphatic rings. The third kappa shape index (κ3) is 3.36. The van der Waals surface area contributed by atoms with Crippen LogP contribution in [0, 0.1) is 6.92 Å². The molecule has 0 fully saturated rings. The van der Waals surface area contributed by atoms with E-state index in [1.54, 1.807) is 3.07 Å². The van der Waals surface area contributed by atoms with Crippen LogP contribution in [0.15, 0.2) is 11.4 Å². The van der Waals surface area contributed by atoms with Gasteiger partial charge in [0.05, 0.1) is 0 Å². The Morgan fingerprint density at radius 3 is 2.11 bits per heavy atom. The molecule has 0 unspecified atom stereocenters. The van der Waals surface area contributed by atoms with E-state index >= 15 is 0 Å². The van der Waals surface area contributed by atoms with Gasteiger partial charge in [-0.05, 0) is 0 Å². The van der Waals surface area contributed by atoms with Gasteiger partial charge in [0.1, 0.15) is 0 Å². The average molecular weight is 328 g/mol. The fourth-order valence-electron chi connectivity index (χ4n) is 0.411. The van der Waals surface area contributed by atoms with E-state index in [1.807, 2.05) is 25.2 Å². The molecular weight excluding hydrogens is 317 g/mol. The van der Waals surface area contributed by atoms with E-state index in [1.165, 1.54) is 4.88 Å². The topological polar surface area (TPSA) is 0 Å². The Morgan fingerprint density at radius 1 is 1.44 bits per heavy atom. The molecule has 1 heterocycles. The molecule has 0 N–H and O–H groups in total. The molecule has 0 spiro atoms. The van der Waals surface area contributed by atoms with Crippen molar-refractivity contribution in [3.05, 3.63) is 16.3 Å². The molecule has 1 rings (SSSR count). The summed E-state index contributed by atoms with van der Waals surface area (Å²) in [6, 6.07) is 2.23. The monoisotopic (exact) mass is 329 g/mol. The number of hydrogen-bond acceptors (Lipinski definition) is 1. The molecule has 0 atom stereocenters. The summed E-state index contributed by atoms with van der Waals surface area (Å²) in [5.41, 5.74) is 0. The first-order valence-electron chi connectivity index (χ1n) is 3.17. The van der Waals surface area contributed by atoms with Crippen LogP contribution in [-0.4, -0.2) is 0 Å². The van der Waals surface area contributed by atoms with E-state index < -0.39 is 0 Å².